The van der Waals surface area contributed by atoms with Crippen LogP contribution in [0.5, 0.6) is 0 Å². The van der Waals surface area contributed by atoms with Gasteiger partial charge in [0.1, 0.15) is 0 Å². The molecule has 0 atom stereocenters. The monoisotopic (exact) mass is 225 g/mol. The van der Waals surface area contributed by atoms with Crippen molar-refractivity contribution in [3.8, 4) is 6.07 Å². The van der Waals surface area contributed by atoms with Crippen LogP contribution in [0.2, 0.25) is 0 Å². The predicted octanol–water partition coefficient (Wildman–Crippen LogP) is 2.75. The lowest BCUT2D eigenvalue weighted by Gasteiger charge is -2.30. The molecule has 0 saturated carbocycles. The van der Waals surface area contributed by atoms with E-state index in [1.807, 2.05) is 25.1 Å². The molecule has 1 aromatic rings. The van der Waals surface area contributed by atoms with E-state index in [4.69, 9.17) is 11.8 Å². The summed E-state index contributed by atoms with van der Waals surface area (Å²) in [5.41, 5.74) is 3.06. The summed E-state index contributed by atoms with van der Waals surface area (Å²) in [6.45, 7) is 11.0. The van der Waals surface area contributed by atoms with Gasteiger partial charge in [-0.25, -0.2) is 6.57 Å². The van der Waals surface area contributed by atoms with E-state index < -0.39 is 0 Å². The van der Waals surface area contributed by atoms with Crippen molar-refractivity contribution in [2.75, 3.05) is 18.0 Å². The Labute approximate surface area is 102 Å². The molecule has 1 aliphatic rings. The molecule has 1 fully saturated rings. The molecule has 2 rings (SSSR count). The predicted molar refractivity (Wildman–Crippen MR) is 67.7 cm³/mol. The topological polar surface area (TPSA) is 31.4 Å². The summed E-state index contributed by atoms with van der Waals surface area (Å²) in [7, 11) is 0. The van der Waals surface area contributed by atoms with E-state index in [2.05, 4.69) is 15.8 Å². The summed E-state index contributed by atoms with van der Waals surface area (Å²) in [5, 5.41) is 8.83. The zero-order valence-corrected chi connectivity index (χ0v) is 9.98. The van der Waals surface area contributed by atoms with Crippen molar-refractivity contribution in [3.05, 3.63) is 40.7 Å². The van der Waals surface area contributed by atoms with Gasteiger partial charge >= 0.3 is 0 Å². The van der Waals surface area contributed by atoms with Crippen LogP contribution in [0.25, 0.3) is 4.85 Å². The van der Waals surface area contributed by atoms with Crippen LogP contribution in [0.15, 0.2) is 18.2 Å². The normalized spacial score (nSPS) is 16.3. The van der Waals surface area contributed by atoms with Crippen molar-refractivity contribution in [1.29, 1.82) is 5.26 Å². The van der Waals surface area contributed by atoms with Gasteiger partial charge < -0.3 is 9.74 Å². The second-order valence-electron chi connectivity index (χ2n) is 4.46. The Balaban J connectivity index is 2.14. The highest BCUT2D eigenvalue weighted by Crippen LogP contribution is 2.25. The average Bonchev–Trinajstić information content (AvgIpc) is 2.39. The van der Waals surface area contributed by atoms with Crippen LogP contribution in [0.1, 0.15) is 24.0 Å². The number of piperidine rings is 1. The molecule has 0 unspecified atom stereocenters. The summed E-state index contributed by atoms with van der Waals surface area (Å²) < 4.78 is 0. The number of benzene rings is 1. The molecule has 0 aliphatic carbocycles. The van der Waals surface area contributed by atoms with Crippen molar-refractivity contribution in [1.82, 2.24) is 0 Å². The standard InChI is InChI=1S/C14H15N3/c1-11-9-12(10-15)3-4-14(11)17-7-5-13(16-2)6-8-17/h3-4,9,13H,5-8H2,1H3. The third kappa shape index (κ3) is 2.40. The molecule has 0 spiro atoms. The van der Waals surface area contributed by atoms with Gasteiger partial charge in [0.25, 0.3) is 0 Å². The molecule has 0 radical (unpaired) electrons. The van der Waals surface area contributed by atoms with E-state index in [9.17, 15) is 0 Å². The maximum Gasteiger partial charge on any atom is 0.227 e. The summed E-state index contributed by atoms with van der Waals surface area (Å²) in [6.07, 6.45) is 1.89. The highest BCUT2D eigenvalue weighted by Gasteiger charge is 2.23. The minimum Gasteiger partial charge on any atom is -0.371 e. The molecule has 0 aromatic heterocycles. The van der Waals surface area contributed by atoms with Crippen molar-refractivity contribution in [3.63, 3.8) is 0 Å². The van der Waals surface area contributed by atoms with Crippen LogP contribution in [0.3, 0.4) is 0 Å². The summed E-state index contributed by atoms with van der Waals surface area (Å²) in [4.78, 5) is 5.92. The molecule has 0 N–H and O–H groups in total. The Morgan fingerprint density at radius 1 is 1.41 bits per heavy atom. The largest absolute Gasteiger partial charge is 0.371 e. The van der Waals surface area contributed by atoms with Crippen LogP contribution in [0, 0.1) is 24.8 Å². The molecule has 1 heterocycles. The lowest BCUT2D eigenvalue weighted by atomic mass is 10.0. The Kier molecular flexibility index (Phi) is 3.30. The fraction of sp³-hybridized carbons (Fsp3) is 0.429. The molecule has 1 aliphatic heterocycles. The van der Waals surface area contributed by atoms with Gasteiger partial charge in [-0.1, -0.05) is 0 Å². The van der Waals surface area contributed by atoms with E-state index >= 15 is 0 Å². The molecule has 0 bridgehead atoms. The van der Waals surface area contributed by atoms with Crippen LogP contribution in [-0.2, 0) is 0 Å². The molecule has 17 heavy (non-hydrogen) atoms. The highest BCUT2D eigenvalue weighted by molar-refractivity contribution is 5.56. The van der Waals surface area contributed by atoms with Crippen molar-refractivity contribution >= 4 is 5.69 Å². The number of nitriles is 1. The second kappa shape index (κ2) is 4.89. The zero-order chi connectivity index (χ0) is 12.3. The van der Waals surface area contributed by atoms with E-state index in [-0.39, 0.29) is 6.04 Å². The average molecular weight is 225 g/mol. The third-order valence-electron chi connectivity index (χ3n) is 3.31. The molecule has 1 aromatic carbocycles. The Bertz CT molecular complexity index is 485. The van der Waals surface area contributed by atoms with E-state index in [0.29, 0.717) is 5.56 Å². The fourth-order valence-corrected chi connectivity index (χ4v) is 2.32. The number of hydrogen-bond donors (Lipinski definition) is 0. The number of rotatable bonds is 1. The van der Waals surface area contributed by atoms with Gasteiger partial charge in [0.15, 0.2) is 0 Å². The van der Waals surface area contributed by atoms with Crippen LogP contribution in [-0.4, -0.2) is 19.1 Å². The summed E-state index contributed by atoms with van der Waals surface area (Å²) >= 11 is 0. The van der Waals surface area contributed by atoms with Gasteiger partial charge in [-0.3, -0.25) is 0 Å². The van der Waals surface area contributed by atoms with Crippen molar-refractivity contribution in [2.45, 2.75) is 25.8 Å². The van der Waals surface area contributed by atoms with Gasteiger partial charge in [-0.15, -0.1) is 0 Å². The van der Waals surface area contributed by atoms with E-state index in [1.165, 1.54) is 5.69 Å². The van der Waals surface area contributed by atoms with Crippen molar-refractivity contribution in [2.24, 2.45) is 0 Å². The molecule has 3 nitrogen and oxygen atoms in total. The van der Waals surface area contributed by atoms with E-state index in [1.54, 1.807) is 0 Å². The van der Waals surface area contributed by atoms with Crippen LogP contribution < -0.4 is 4.90 Å². The highest BCUT2D eigenvalue weighted by atomic mass is 15.1. The van der Waals surface area contributed by atoms with Gasteiger partial charge in [-0.05, 0) is 30.7 Å². The molecule has 86 valence electrons. The zero-order valence-electron chi connectivity index (χ0n) is 9.98. The lowest BCUT2D eigenvalue weighted by Crippen LogP contribution is -2.35. The quantitative estimate of drug-likeness (QED) is 0.688. The fourth-order valence-electron chi connectivity index (χ4n) is 2.32. The van der Waals surface area contributed by atoms with Crippen LogP contribution >= 0.6 is 0 Å². The first-order chi connectivity index (χ1) is 8.24. The minimum absolute atomic E-state index is 0.199. The lowest BCUT2D eigenvalue weighted by molar-refractivity contribution is 0.548. The molecular formula is C14H15N3. The molecular weight excluding hydrogens is 210 g/mol. The molecule has 0 amide bonds. The second-order valence-corrected chi connectivity index (χ2v) is 4.46. The van der Waals surface area contributed by atoms with Gasteiger partial charge in [0.05, 0.1) is 11.6 Å². The summed E-state index contributed by atoms with van der Waals surface area (Å²) in [5.74, 6) is 0. The Hall–Kier alpha value is -2.00. The first kappa shape index (κ1) is 11.5. The maximum absolute atomic E-state index is 8.83. The molecule has 1 saturated heterocycles. The first-order valence-electron chi connectivity index (χ1n) is 5.87. The van der Waals surface area contributed by atoms with Gasteiger partial charge in [-0.2, -0.15) is 5.26 Å². The summed E-state index contributed by atoms with van der Waals surface area (Å²) in [6, 6.07) is 8.17. The number of nitrogens with zero attached hydrogens (tertiary/aromatic N) is 3. The van der Waals surface area contributed by atoms with Crippen LogP contribution in [0.4, 0.5) is 5.69 Å². The third-order valence-corrected chi connectivity index (χ3v) is 3.31. The number of anilines is 1. The first-order valence-corrected chi connectivity index (χ1v) is 5.87. The SMILES string of the molecule is [C-]#[N+]C1CCN(c2ccc(C#N)cc2C)CC1. The van der Waals surface area contributed by atoms with Gasteiger partial charge in [0.2, 0.25) is 6.04 Å². The number of hydrogen-bond acceptors (Lipinski definition) is 2. The number of aryl methyl sites for hydroxylation is 1. The van der Waals surface area contributed by atoms with Crippen molar-refractivity contribution < 1.29 is 0 Å². The minimum atomic E-state index is 0.199. The molecule has 3 heteroatoms. The Morgan fingerprint density at radius 2 is 2.12 bits per heavy atom. The van der Waals surface area contributed by atoms with E-state index in [0.717, 1.165) is 31.5 Å². The smallest absolute Gasteiger partial charge is 0.227 e. The Morgan fingerprint density at radius 3 is 2.65 bits per heavy atom. The van der Waals surface area contributed by atoms with Gasteiger partial charge in [0, 0.05) is 31.6 Å². The maximum atomic E-state index is 8.83.